The molecule has 2 aromatic rings. The second-order valence-electron chi connectivity index (χ2n) is 4.10. The number of rotatable bonds is 2. The Hall–Kier alpha value is -1.97. The number of carbonyl (C=O) groups excluding carboxylic acids is 1. The fourth-order valence-corrected chi connectivity index (χ4v) is 1.55. The maximum Gasteiger partial charge on any atom is 0.359 e. The van der Waals surface area contributed by atoms with Gasteiger partial charge in [0, 0.05) is 0 Å². The van der Waals surface area contributed by atoms with Gasteiger partial charge in [-0.25, -0.2) is 14.8 Å². The monoisotopic (exact) mass is 230 g/mol. The molecular weight excluding hydrogens is 216 g/mol. The maximum absolute atomic E-state index is 11.8. The van der Waals surface area contributed by atoms with Crippen LogP contribution in [-0.4, -0.2) is 22.0 Å². The third-order valence-corrected chi connectivity index (χ3v) is 2.28. The van der Waals surface area contributed by atoms with E-state index in [-0.39, 0.29) is 11.8 Å². The second-order valence-corrected chi connectivity index (χ2v) is 4.10. The van der Waals surface area contributed by atoms with Crippen molar-refractivity contribution in [3.63, 3.8) is 0 Å². The third-order valence-electron chi connectivity index (χ3n) is 2.28. The van der Waals surface area contributed by atoms with Gasteiger partial charge in [-0.05, 0) is 32.9 Å². The van der Waals surface area contributed by atoms with Crippen LogP contribution >= 0.6 is 0 Å². The van der Waals surface area contributed by atoms with Crippen molar-refractivity contribution in [3.8, 4) is 0 Å². The Bertz CT molecular complexity index is 564. The van der Waals surface area contributed by atoms with E-state index in [1.165, 1.54) is 0 Å². The summed E-state index contributed by atoms with van der Waals surface area (Å²) >= 11 is 0. The lowest BCUT2D eigenvalue weighted by atomic mass is 10.2. The quantitative estimate of drug-likeness (QED) is 0.744. The van der Waals surface area contributed by atoms with Gasteiger partial charge in [-0.15, -0.1) is 0 Å². The topological polar surface area (TPSA) is 52.1 Å². The summed E-state index contributed by atoms with van der Waals surface area (Å²) in [7, 11) is 0. The van der Waals surface area contributed by atoms with Gasteiger partial charge in [0.1, 0.15) is 0 Å². The molecule has 0 radical (unpaired) electrons. The van der Waals surface area contributed by atoms with Gasteiger partial charge in [0.25, 0.3) is 0 Å². The highest BCUT2D eigenvalue weighted by Gasteiger charge is 2.15. The molecule has 0 amide bonds. The molecule has 0 aliphatic carbocycles. The van der Waals surface area contributed by atoms with Crippen molar-refractivity contribution in [1.29, 1.82) is 0 Å². The van der Waals surface area contributed by atoms with E-state index in [1.54, 1.807) is 6.92 Å². The molecule has 0 saturated carbocycles. The van der Waals surface area contributed by atoms with Crippen LogP contribution in [0.5, 0.6) is 0 Å². The molecule has 1 aromatic heterocycles. The fraction of sp³-hybridized carbons (Fsp3) is 0.308. The van der Waals surface area contributed by atoms with Crippen LogP contribution < -0.4 is 0 Å². The van der Waals surface area contributed by atoms with Crippen LogP contribution in [-0.2, 0) is 4.74 Å². The van der Waals surface area contributed by atoms with Gasteiger partial charge in [0.2, 0.25) is 0 Å². The SMILES string of the molecule is Cc1nc2ccccc2nc1C(=O)OC(C)C. The van der Waals surface area contributed by atoms with Crippen LogP contribution in [0.25, 0.3) is 11.0 Å². The van der Waals surface area contributed by atoms with E-state index in [2.05, 4.69) is 9.97 Å². The highest BCUT2D eigenvalue weighted by molar-refractivity contribution is 5.91. The summed E-state index contributed by atoms with van der Waals surface area (Å²) < 4.78 is 5.12. The Balaban J connectivity index is 2.47. The van der Waals surface area contributed by atoms with Crippen LogP contribution in [0, 0.1) is 6.92 Å². The Morgan fingerprint density at radius 3 is 2.35 bits per heavy atom. The zero-order valence-electron chi connectivity index (χ0n) is 10.1. The van der Waals surface area contributed by atoms with Gasteiger partial charge in [-0.2, -0.15) is 0 Å². The van der Waals surface area contributed by atoms with Crippen molar-refractivity contribution in [1.82, 2.24) is 9.97 Å². The Kier molecular flexibility index (Phi) is 3.04. The van der Waals surface area contributed by atoms with Crippen LogP contribution in [0.4, 0.5) is 0 Å². The van der Waals surface area contributed by atoms with Gasteiger partial charge in [0.15, 0.2) is 5.69 Å². The molecule has 88 valence electrons. The first kappa shape index (κ1) is 11.5. The summed E-state index contributed by atoms with van der Waals surface area (Å²) in [5, 5.41) is 0. The van der Waals surface area contributed by atoms with E-state index in [1.807, 2.05) is 38.1 Å². The molecule has 4 nitrogen and oxygen atoms in total. The van der Waals surface area contributed by atoms with Crippen LogP contribution in [0.15, 0.2) is 24.3 Å². The van der Waals surface area contributed by atoms with Gasteiger partial charge in [-0.3, -0.25) is 0 Å². The first-order valence-corrected chi connectivity index (χ1v) is 5.52. The largest absolute Gasteiger partial charge is 0.458 e. The van der Waals surface area contributed by atoms with E-state index in [4.69, 9.17) is 4.74 Å². The first-order chi connectivity index (χ1) is 8.08. The van der Waals surface area contributed by atoms with Crippen molar-refractivity contribution in [2.45, 2.75) is 26.9 Å². The summed E-state index contributed by atoms with van der Waals surface area (Å²) in [6, 6.07) is 7.45. The normalized spacial score (nSPS) is 10.8. The van der Waals surface area contributed by atoms with Crippen molar-refractivity contribution in [3.05, 3.63) is 35.7 Å². The van der Waals surface area contributed by atoms with Crippen molar-refractivity contribution < 1.29 is 9.53 Å². The molecule has 1 aromatic carbocycles. The summed E-state index contributed by atoms with van der Waals surface area (Å²) in [5.41, 5.74) is 2.37. The van der Waals surface area contributed by atoms with E-state index in [0.717, 1.165) is 5.52 Å². The molecule has 0 unspecified atom stereocenters. The Labute approximate surface area is 99.7 Å². The molecule has 4 heteroatoms. The van der Waals surface area contributed by atoms with Crippen molar-refractivity contribution >= 4 is 17.0 Å². The highest BCUT2D eigenvalue weighted by atomic mass is 16.5. The predicted molar refractivity (Wildman–Crippen MR) is 64.8 cm³/mol. The molecular formula is C13H14N2O2. The summed E-state index contributed by atoms with van der Waals surface area (Å²) in [6.45, 7) is 5.37. The van der Waals surface area contributed by atoms with Gasteiger partial charge in [-0.1, -0.05) is 12.1 Å². The predicted octanol–water partition coefficient (Wildman–Crippen LogP) is 2.50. The van der Waals surface area contributed by atoms with E-state index in [0.29, 0.717) is 11.2 Å². The minimum Gasteiger partial charge on any atom is -0.458 e. The van der Waals surface area contributed by atoms with Crippen molar-refractivity contribution in [2.24, 2.45) is 0 Å². The summed E-state index contributed by atoms with van der Waals surface area (Å²) in [6.07, 6.45) is -0.157. The van der Waals surface area contributed by atoms with Gasteiger partial charge >= 0.3 is 5.97 Å². The molecule has 2 rings (SSSR count). The number of carbonyl (C=O) groups is 1. The van der Waals surface area contributed by atoms with Crippen LogP contribution in [0.1, 0.15) is 30.0 Å². The number of benzene rings is 1. The number of hydrogen-bond acceptors (Lipinski definition) is 4. The average molecular weight is 230 g/mol. The number of esters is 1. The van der Waals surface area contributed by atoms with E-state index in [9.17, 15) is 4.79 Å². The number of para-hydroxylation sites is 2. The van der Waals surface area contributed by atoms with Gasteiger partial charge < -0.3 is 4.74 Å². The average Bonchev–Trinajstić information content (AvgIpc) is 2.27. The molecule has 1 heterocycles. The smallest absolute Gasteiger partial charge is 0.359 e. The number of fused-ring (bicyclic) bond motifs is 1. The molecule has 0 spiro atoms. The molecule has 0 aliphatic rings. The lowest BCUT2D eigenvalue weighted by Crippen LogP contribution is -2.15. The minimum atomic E-state index is -0.421. The molecule has 0 atom stereocenters. The van der Waals surface area contributed by atoms with E-state index >= 15 is 0 Å². The second kappa shape index (κ2) is 4.49. The molecule has 0 fully saturated rings. The minimum absolute atomic E-state index is 0.157. The lowest BCUT2D eigenvalue weighted by molar-refractivity contribution is 0.0370. The van der Waals surface area contributed by atoms with Crippen LogP contribution in [0.2, 0.25) is 0 Å². The van der Waals surface area contributed by atoms with Gasteiger partial charge in [0.05, 0.1) is 22.8 Å². The number of ether oxygens (including phenoxy) is 1. The standard InChI is InChI=1S/C13H14N2O2/c1-8(2)17-13(16)12-9(3)14-10-6-4-5-7-11(10)15-12/h4-8H,1-3H3. The van der Waals surface area contributed by atoms with Crippen molar-refractivity contribution in [2.75, 3.05) is 0 Å². The zero-order valence-corrected chi connectivity index (χ0v) is 10.1. The number of hydrogen-bond donors (Lipinski definition) is 0. The third kappa shape index (κ3) is 2.41. The molecule has 0 bridgehead atoms. The molecule has 0 saturated heterocycles. The summed E-state index contributed by atoms with van der Waals surface area (Å²) in [4.78, 5) is 20.4. The molecule has 17 heavy (non-hydrogen) atoms. The summed E-state index contributed by atoms with van der Waals surface area (Å²) in [5.74, 6) is -0.421. The van der Waals surface area contributed by atoms with Crippen LogP contribution in [0.3, 0.4) is 0 Å². The molecule has 0 N–H and O–H groups in total. The number of nitrogens with zero attached hydrogens (tertiary/aromatic N) is 2. The fourth-order valence-electron chi connectivity index (χ4n) is 1.55. The number of aryl methyl sites for hydroxylation is 1. The Morgan fingerprint density at radius 2 is 1.76 bits per heavy atom. The molecule has 0 aliphatic heterocycles. The van der Waals surface area contributed by atoms with E-state index < -0.39 is 5.97 Å². The zero-order chi connectivity index (χ0) is 12.4. The highest BCUT2D eigenvalue weighted by Crippen LogP contribution is 2.13. The number of aromatic nitrogens is 2. The Morgan fingerprint density at radius 1 is 1.18 bits per heavy atom. The lowest BCUT2D eigenvalue weighted by Gasteiger charge is -2.09. The first-order valence-electron chi connectivity index (χ1n) is 5.52. The maximum atomic E-state index is 11.8.